The van der Waals surface area contributed by atoms with Crippen molar-refractivity contribution in [2.45, 2.75) is 20.3 Å². The van der Waals surface area contributed by atoms with Gasteiger partial charge in [0.25, 0.3) is 0 Å². The Balaban J connectivity index is 1.75. The Hall–Kier alpha value is -1.81. The fourth-order valence-electron chi connectivity index (χ4n) is 2.86. The average molecular weight is 301 g/mol. The van der Waals surface area contributed by atoms with Gasteiger partial charge in [0.2, 0.25) is 5.91 Å². The Morgan fingerprint density at radius 2 is 2.00 bits per heavy atom. The van der Waals surface area contributed by atoms with Crippen LogP contribution in [0.15, 0.2) is 30.9 Å². The van der Waals surface area contributed by atoms with Gasteiger partial charge in [0.05, 0.1) is 0 Å². The molecule has 0 aliphatic carbocycles. The number of aryl methyl sites for hydroxylation is 2. The first-order valence-electron chi connectivity index (χ1n) is 8.05. The van der Waals surface area contributed by atoms with E-state index in [1.807, 2.05) is 0 Å². The maximum absolute atomic E-state index is 11.1. The molecule has 120 valence electrons. The van der Waals surface area contributed by atoms with Gasteiger partial charge in [-0.15, -0.1) is 0 Å². The van der Waals surface area contributed by atoms with Crippen molar-refractivity contribution < 1.29 is 4.79 Å². The van der Waals surface area contributed by atoms with Gasteiger partial charge in [-0.2, -0.15) is 0 Å². The van der Waals surface area contributed by atoms with E-state index in [9.17, 15) is 4.79 Å². The van der Waals surface area contributed by atoms with Gasteiger partial charge >= 0.3 is 0 Å². The second kappa shape index (κ2) is 7.99. The highest BCUT2D eigenvalue weighted by molar-refractivity contribution is 5.86. The Morgan fingerprint density at radius 3 is 2.68 bits per heavy atom. The lowest BCUT2D eigenvalue weighted by Crippen LogP contribution is -2.47. The van der Waals surface area contributed by atoms with Crippen LogP contribution in [0.25, 0.3) is 0 Å². The molecule has 1 fully saturated rings. The molecule has 22 heavy (non-hydrogen) atoms. The lowest BCUT2D eigenvalue weighted by Gasteiger charge is -2.37. The Morgan fingerprint density at radius 1 is 1.27 bits per heavy atom. The highest BCUT2D eigenvalue weighted by Crippen LogP contribution is 2.22. The topological polar surface area (TPSA) is 35.6 Å². The molecule has 0 bridgehead atoms. The molecule has 1 heterocycles. The molecule has 1 aliphatic heterocycles. The number of amides is 1. The van der Waals surface area contributed by atoms with Crippen LogP contribution in [-0.2, 0) is 4.79 Å². The van der Waals surface area contributed by atoms with E-state index < -0.39 is 0 Å². The van der Waals surface area contributed by atoms with Crippen molar-refractivity contribution in [3.05, 3.63) is 42.0 Å². The molecule has 1 aromatic carbocycles. The summed E-state index contributed by atoms with van der Waals surface area (Å²) >= 11 is 0. The fourth-order valence-corrected chi connectivity index (χ4v) is 2.86. The molecule has 0 radical (unpaired) electrons. The minimum atomic E-state index is -0.0836. The van der Waals surface area contributed by atoms with E-state index >= 15 is 0 Å². The monoisotopic (exact) mass is 301 g/mol. The largest absolute Gasteiger partial charge is 0.369 e. The van der Waals surface area contributed by atoms with Crippen molar-refractivity contribution in [2.75, 3.05) is 44.2 Å². The molecule has 1 amide bonds. The zero-order chi connectivity index (χ0) is 15.9. The van der Waals surface area contributed by atoms with Crippen LogP contribution in [0, 0.1) is 13.8 Å². The molecule has 1 N–H and O–H groups in total. The maximum atomic E-state index is 11.1. The first-order valence-corrected chi connectivity index (χ1v) is 8.05. The zero-order valence-corrected chi connectivity index (χ0v) is 13.8. The van der Waals surface area contributed by atoms with Gasteiger partial charge in [-0.3, -0.25) is 9.69 Å². The summed E-state index contributed by atoms with van der Waals surface area (Å²) < 4.78 is 0. The summed E-state index contributed by atoms with van der Waals surface area (Å²) in [7, 11) is 0. The molecule has 1 aromatic rings. The number of carbonyl (C=O) groups excluding carboxylic acids is 1. The predicted molar refractivity (Wildman–Crippen MR) is 92.4 cm³/mol. The van der Waals surface area contributed by atoms with Crippen molar-refractivity contribution in [1.29, 1.82) is 0 Å². The number of rotatable bonds is 6. The van der Waals surface area contributed by atoms with Crippen molar-refractivity contribution in [1.82, 2.24) is 10.2 Å². The second-order valence-corrected chi connectivity index (χ2v) is 5.97. The summed E-state index contributed by atoms with van der Waals surface area (Å²) in [6.45, 7) is 13.9. The third kappa shape index (κ3) is 4.60. The van der Waals surface area contributed by atoms with Crippen LogP contribution in [-0.4, -0.2) is 50.1 Å². The molecule has 1 saturated heterocycles. The van der Waals surface area contributed by atoms with Gasteiger partial charge in [0.15, 0.2) is 0 Å². The van der Waals surface area contributed by atoms with E-state index in [4.69, 9.17) is 0 Å². The summed E-state index contributed by atoms with van der Waals surface area (Å²) in [5, 5.41) is 2.83. The summed E-state index contributed by atoms with van der Waals surface area (Å²) in [6.07, 6.45) is 2.31. The molecule has 0 aromatic heterocycles. The number of hydrogen-bond acceptors (Lipinski definition) is 3. The van der Waals surface area contributed by atoms with E-state index in [2.05, 4.69) is 53.7 Å². The highest BCUT2D eigenvalue weighted by Gasteiger charge is 2.18. The van der Waals surface area contributed by atoms with Crippen LogP contribution >= 0.6 is 0 Å². The van der Waals surface area contributed by atoms with Gasteiger partial charge in [-0.1, -0.05) is 18.7 Å². The molecule has 0 atom stereocenters. The first-order chi connectivity index (χ1) is 10.6. The molecule has 0 spiro atoms. The number of piperazine rings is 1. The summed E-state index contributed by atoms with van der Waals surface area (Å²) in [5.74, 6) is -0.0836. The predicted octanol–water partition coefficient (Wildman–Crippen LogP) is 2.12. The first kappa shape index (κ1) is 16.6. The van der Waals surface area contributed by atoms with Crippen LogP contribution in [0.2, 0.25) is 0 Å². The Kier molecular flexibility index (Phi) is 6.01. The van der Waals surface area contributed by atoms with Crippen molar-refractivity contribution >= 4 is 11.6 Å². The molecular formula is C18H27N3O. The summed E-state index contributed by atoms with van der Waals surface area (Å²) in [6, 6.07) is 6.67. The van der Waals surface area contributed by atoms with Gasteiger partial charge < -0.3 is 10.2 Å². The van der Waals surface area contributed by atoms with Crippen molar-refractivity contribution in [3.8, 4) is 0 Å². The smallest absolute Gasteiger partial charge is 0.243 e. The van der Waals surface area contributed by atoms with E-state index in [1.54, 1.807) is 0 Å². The molecule has 4 heteroatoms. The zero-order valence-electron chi connectivity index (χ0n) is 13.8. The highest BCUT2D eigenvalue weighted by atomic mass is 16.1. The van der Waals surface area contributed by atoms with Gasteiger partial charge in [0, 0.05) is 38.4 Å². The van der Waals surface area contributed by atoms with Crippen LogP contribution in [0.4, 0.5) is 5.69 Å². The van der Waals surface area contributed by atoms with Crippen molar-refractivity contribution in [3.63, 3.8) is 0 Å². The minimum absolute atomic E-state index is 0.0836. The average Bonchev–Trinajstić information content (AvgIpc) is 2.54. The normalized spacial score (nSPS) is 15.6. The van der Waals surface area contributed by atoms with Gasteiger partial charge in [-0.25, -0.2) is 0 Å². The van der Waals surface area contributed by atoms with Gasteiger partial charge in [-0.05, 0) is 50.1 Å². The summed E-state index contributed by atoms with van der Waals surface area (Å²) in [4.78, 5) is 16.0. The number of hydrogen-bond donors (Lipinski definition) is 1. The fraction of sp³-hybridized carbons (Fsp3) is 0.500. The van der Waals surface area contributed by atoms with Crippen LogP contribution in [0.3, 0.4) is 0 Å². The standard InChI is InChI=1S/C18H27N3O/c1-4-18(22)19-8-5-9-20-10-12-21(13-11-20)17-14-15(2)6-7-16(17)3/h4,6-7,14H,1,5,8-13H2,2-3H3,(H,19,22). The van der Waals surface area contributed by atoms with E-state index in [0.29, 0.717) is 0 Å². The number of carbonyl (C=O) groups is 1. The molecule has 0 unspecified atom stereocenters. The van der Waals surface area contributed by atoms with Crippen LogP contribution in [0.5, 0.6) is 0 Å². The number of nitrogens with one attached hydrogen (secondary N) is 1. The number of anilines is 1. The van der Waals surface area contributed by atoms with E-state index in [0.717, 1.165) is 45.7 Å². The lowest BCUT2D eigenvalue weighted by molar-refractivity contribution is -0.116. The Bertz CT molecular complexity index is 519. The number of nitrogens with zero attached hydrogens (tertiary/aromatic N) is 2. The molecule has 0 saturated carbocycles. The van der Waals surface area contributed by atoms with Crippen molar-refractivity contribution in [2.24, 2.45) is 0 Å². The van der Waals surface area contributed by atoms with Crippen LogP contribution < -0.4 is 10.2 Å². The quantitative estimate of drug-likeness (QED) is 0.646. The molecule has 1 aliphatic rings. The molecule has 2 rings (SSSR count). The number of benzene rings is 1. The van der Waals surface area contributed by atoms with Crippen LogP contribution in [0.1, 0.15) is 17.5 Å². The lowest BCUT2D eigenvalue weighted by atomic mass is 10.1. The SMILES string of the molecule is C=CC(=O)NCCCN1CCN(c2cc(C)ccc2C)CC1. The minimum Gasteiger partial charge on any atom is -0.369 e. The third-order valence-electron chi connectivity index (χ3n) is 4.21. The maximum Gasteiger partial charge on any atom is 0.243 e. The summed E-state index contributed by atoms with van der Waals surface area (Å²) in [5.41, 5.74) is 4.05. The van der Waals surface area contributed by atoms with E-state index in [1.165, 1.54) is 22.9 Å². The third-order valence-corrected chi connectivity index (χ3v) is 4.21. The van der Waals surface area contributed by atoms with E-state index in [-0.39, 0.29) is 5.91 Å². The molecule has 4 nitrogen and oxygen atoms in total. The molecular weight excluding hydrogens is 274 g/mol. The Labute approximate surface area is 133 Å². The second-order valence-electron chi connectivity index (χ2n) is 5.97. The van der Waals surface area contributed by atoms with Gasteiger partial charge in [0.1, 0.15) is 0 Å².